The summed E-state index contributed by atoms with van der Waals surface area (Å²) in [4.78, 5) is 6.79. The molecule has 0 amide bonds. The highest BCUT2D eigenvalue weighted by Gasteiger charge is 2.44. The molecule has 9 aromatic carbocycles. The number of nitrogens with zero attached hydrogens (tertiary/aromatic N) is 3. The molecule has 2 aliphatic rings. The summed E-state index contributed by atoms with van der Waals surface area (Å²) in [6.07, 6.45) is 0. The first kappa shape index (κ1) is 32.6. The monoisotopic (exact) mass is 761 g/mol. The second kappa shape index (κ2) is 11.8. The van der Waals surface area contributed by atoms with E-state index in [2.05, 4.69) is 168 Å². The molecule has 13 rings (SSSR count). The van der Waals surface area contributed by atoms with Gasteiger partial charge in [0.15, 0.2) is 0 Å². The van der Waals surface area contributed by atoms with E-state index in [-0.39, 0.29) is 12.5 Å². The van der Waals surface area contributed by atoms with Crippen molar-refractivity contribution in [1.82, 2.24) is 0 Å². The summed E-state index contributed by atoms with van der Waals surface area (Å²) >= 11 is 0. The maximum atomic E-state index is 14.6. The third kappa shape index (κ3) is 4.55. The quantitative estimate of drug-likeness (QED) is 0.168. The van der Waals surface area contributed by atoms with Crippen molar-refractivity contribution in [2.45, 2.75) is 0 Å². The maximum absolute atomic E-state index is 14.6. The van der Waals surface area contributed by atoms with Crippen LogP contribution in [0.25, 0.3) is 65.4 Å². The van der Waals surface area contributed by atoms with Gasteiger partial charge in [-0.1, -0.05) is 72.8 Å². The third-order valence-corrected chi connectivity index (χ3v) is 12.6. The van der Waals surface area contributed by atoms with E-state index in [1.54, 1.807) is 12.1 Å². The first-order valence-electron chi connectivity index (χ1n) is 20.0. The first-order valence-corrected chi connectivity index (χ1v) is 20.0. The highest BCUT2D eigenvalue weighted by molar-refractivity contribution is 7.00. The van der Waals surface area contributed by atoms with Crippen LogP contribution in [-0.2, 0) is 0 Å². The number of benzene rings is 9. The fourth-order valence-electron chi connectivity index (χ4n) is 9.93. The molecule has 0 radical (unpaired) electrons. The SMILES string of the molecule is CN(C)c1ccc(N2c3cc4oc5cc6ccccc6cc5c4cc3B3c4cc5c(cc4N(c4ccc(F)cc4)c4cccc2c43)oc2c3ccccc3ccc52)cc1. The molecule has 0 unspecified atom stereocenters. The molecule has 278 valence electrons. The summed E-state index contributed by atoms with van der Waals surface area (Å²) < 4.78 is 28.2. The van der Waals surface area contributed by atoms with Crippen LogP contribution in [0.1, 0.15) is 0 Å². The van der Waals surface area contributed by atoms with Crippen LogP contribution in [0, 0.1) is 5.82 Å². The van der Waals surface area contributed by atoms with E-state index in [0.717, 1.165) is 105 Å². The van der Waals surface area contributed by atoms with E-state index in [0.29, 0.717) is 0 Å². The van der Waals surface area contributed by atoms with E-state index in [1.165, 1.54) is 16.3 Å². The Labute approximate surface area is 338 Å². The normalized spacial score (nSPS) is 13.2. The molecule has 0 bridgehead atoms. The predicted molar refractivity (Wildman–Crippen MR) is 244 cm³/mol. The largest absolute Gasteiger partial charge is 0.456 e. The average molecular weight is 762 g/mol. The summed E-state index contributed by atoms with van der Waals surface area (Å²) in [6, 6.07) is 57.0. The van der Waals surface area contributed by atoms with E-state index in [4.69, 9.17) is 8.83 Å². The Morgan fingerprint density at radius 2 is 1.02 bits per heavy atom. The van der Waals surface area contributed by atoms with Crippen molar-refractivity contribution in [1.29, 1.82) is 0 Å². The molecule has 0 fully saturated rings. The van der Waals surface area contributed by atoms with Crippen molar-refractivity contribution in [3.8, 4) is 0 Å². The lowest BCUT2D eigenvalue weighted by Crippen LogP contribution is -2.61. The van der Waals surface area contributed by atoms with Gasteiger partial charge in [0.1, 0.15) is 28.1 Å². The summed E-state index contributed by atoms with van der Waals surface area (Å²) in [5.74, 6) is -0.274. The minimum Gasteiger partial charge on any atom is -0.456 e. The van der Waals surface area contributed by atoms with Crippen LogP contribution in [0.2, 0.25) is 0 Å². The lowest BCUT2D eigenvalue weighted by molar-refractivity contribution is 0.628. The molecule has 0 atom stereocenters. The average Bonchev–Trinajstić information content (AvgIpc) is 3.81. The van der Waals surface area contributed by atoms with Crippen LogP contribution in [0.15, 0.2) is 173 Å². The molecular weight excluding hydrogens is 728 g/mol. The smallest absolute Gasteiger partial charge is 0.252 e. The number of anilines is 7. The molecule has 59 heavy (non-hydrogen) atoms. The van der Waals surface area contributed by atoms with Gasteiger partial charge in [-0.05, 0) is 111 Å². The predicted octanol–water partition coefficient (Wildman–Crippen LogP) is 12.1. The van der Waals surface area contributed by atoms with Gasteiger partial charge in [0.05, 0.1) is 0 Å². The lowest BCUT2D eigenvalue weighted by Gasteiger charge is -2.44. The molecule has 0 N–H and O–H groups in total. The van der Waals surface area contributed by atoms with E-state index in [1.807, 2.05) is 12.1 Å². The van der Waals surface area contributed by atoms with Crippen LogP contribution in [0.3, 0.4) is 0 Å². The minimum atomic E-state index is -0.274. The highest BCUT2D eigenvalue weighted by atomic mass is 19.1. The molecule has 4 heterocycles. The van der Waals surface area contributed by atoms with Crippen molar-refractivity contribution >= 4 is 128 Å². The molecule has 7 heteroatoms. The zero-order chi connectivity index (χ0) is 39.1. The zero-order valence-corrected chi connectivity index (χ0v) is 32.2. The Kier molecular flexibility index (Phi) is 6.50. The van der Waals surface area contributed by atoms with Crippen LogP contribution >= 0.6 is 0 Å². The molecule has 2 aliphatic heterocycles. The van der Waals surface area contributed by atoms with Crippen molar-refractivity contribution in [3.63, 3.8) is 0 Å². The first-order chi connectivity index (χ1) is 29.0. The zero-order valence-electron chi connectivity index (χ0n) is 32.2. The molecule has 5 nitrogen and oxygen atoms in total. The second-order valence-corrected chi connectivity index (χ2v) is 16.1. The summed E-state index contributed by atoms with van der Waals surface area (Å²) in [5.41, 5.74) is 14.1. The Morgan fingerprint density at radius 3 is 1.69 bits per heavy atom. The molecule has 0 spiro atoms. The highest BCUT2D eigenvalue weighted by Crippen LogP contribution is 2.47. The van der Waals surface area contributed by atoms with E-state index < -0.39 is 0 Å². The number of hydrogen-bond acceptors (Lipinski definition) is 5. The number of furan rings is 2. The number of fused-ring (bicyclic) bond motifs is 13. The van der Waals surface area contributed by atoms with E-state index in [9.17, 15) is 4.39 Å². The fourth-order valence-corrected chi connectivity index (χ4v) is 9.93. The van der Waals surface area contributed by atoms with E-state index >= 15 is 0 Å². The molecule has 11 aromatic rings. The van der Waals surface area contributed by atoms with Crippen LogP contribution in [0.5, 0.6) is 0 Å². The Hall–Kier alpha value is -7.51. The van der Waals surface area contributed by atoms with Crippen molar-refractivity contribution in [3.05, 3.63) is 170 Å². The summed E-state index contributed by atoms with van der Waals surface area (Å²) in [6.45, 7) is -0.148. The van der Waals surface area contributed by atoms with Crippen LogP contribution in [0.4, 0.5) is 44.2 Å². The number of rotatable bonds is 3. The maximum Gasteiger partial charge on any atom is 0.252 e. The van der Waals surface area contributed by atoms with Gasteiger partial charge in [-0.25, -0.2) is 4.39 Å². The van der Waals surface area contributed by atoms with Crippen molar-refractivity contribution < 1.29 is 13.2 Å². The molecule has 0 aliphatic carbocycles. The van der Waals surface area contributed by atoms with Crippen molar-refractivity contribution in [2.75, 3.05) is 28.8 Å². The van der Waals surface area contributed by atoms with Gasteiger partial charge in [-0.15, -0.1) is 0 Å². The van der Waals surface area contributed by atoms with Crippen LogP contribution < -0.4 is 31.1 Å². The second-order valence-electron chi connectivity index (χ2n) is 16.1. The Bertz CT molecular complexity index is 3570. The fraction of sp³-hybridized carbons (Fsp3) is 0.0385. The standard InChI is InChI=1S/C52H33BFN3O2/c1-55(2)34-19-21-36(22-20-34)57-45-13-7-12-44-51(45)53(43-27-41-39-24-31-9-3-4-10-32(31)25-48(39)58-49(41)28-46(43)57)42-26-40-38-23-14-30-8-5-6-11-37(30)52(38)59-50(40)29-47(42)56(44)35-17-15-33(54)16-18-35/h3-29H,1-2H3. The number of hydrogen-bond donors (Lipinski definition) is 0. The molecule has 0 saturated heterocycles. The van der Waals surface area contributed by atoms with Gasteiger partial charge >= 0.3 is 0 Å². The Morgan fingerprint density at radius 1 is 0.458 bits per heavy atom. The van der Waals surface area contributed by atoms with Gasteiger partial charge < -0.3 is 23.5 Å². The topological polar surface area (TPSA) is 36.0 Å². The Balaban J connectivity index is 1.15. The number of halogens is 1. The van der Waals surface area contributed by atoms with Gasteiger partial charge in [0.2, 0.25) is 0 Å². The third-order valence-electron chi connectivity index (χ3n) is 12.6. The van der Waals surface area contributed by atoms with Crippen molar-refractivity contribution in [2.24, 2.45) is 0 Å². The van der Waals surface area contributed by atoms with Gasteiger partial charge in [-0.3, -0.25) is 0 Å². The lowest BCUT2D eigenvalue weighted by atomic mass is 9.33. The van der Waals surface area contributed by atoms with Gasteiger partial charge in [0, 0.05) is 93.0 Å². The summed E-state index contributed by atoms with van der Waals surface area (Å²) in [7, 11) is 4.13. The molecule has 0 saturated carbocycles. The minimum absolute atomic E-state index is 0.148. The van der Waals surface area contributed by atoms with Gasteiger partial charge in [-0.2, -0.15) is 0 Å². The van der Waals surface area contributed by atoms with Crippen LogP contribution in [-0.4, -0.2) is 20.8 Å². The molecular formula is C52H33BFN3O2. The molecule has 2 aromatic heterocycles. The summed E-state index contributed by atoms with van der Waals surface area (Å²) in [5, 5.41) is 8.86. The van der Waals surface area contributed by atoms with Gasteiger partial charge in [0.25, 0.3) is 6.71 Å².